The van der Waals surface area contributed by atoms with Crippen molar-refractivity contribution in [3.63, 3.8) is 0 Å². The molecule has 0 aliphatic heterocycles. The fourth-order valence-electron chi connectivity index (χ4n) is 3.18. The quantitative estimate of drug-likeness (QED) is 0.149. The van der Waals surface area contributed by atoms with Crippen molar-refractivity contribution in [3.8, 4) is 0 Å². The fraction of sp³-hybridized carbons (Fsp3) is 0.115. The van der Waals surface area contributed by atoms with Crippen LogP contribution in [0.2, 0.25) is 0 Å². The van der Waals surface area contributed by atoms with Gasteiger partial charge in [0.05, 0.1) is 5.71 Å². The van der Waals surface area contributed by atoms with E-state index in [9.17, 15) is 9.59 Å². The third-order valence-electron chi connectivity index (χ3n) is 4.83. The molecule has 0 aliphatic rings. The molecule has 4 aromatic rings. The van der Waals surface area contributed by atoms with E-state index in [2.05, 4.69) is 9.99 Å². The summed E-state index contributed by atoms with van der Waals surface area (Å²) in [4.78, 5) is 30.4. The molecule has 0 saturated heterocycles. The summed E-state index contributed by atoms with van der Waals surface area (Å²) in [5, 5.41) is 4.73. The van der Waals surface area contributed by atoms with Gasteiger partial charge in [0.2, 0.25) is 5.78 Å². The maximum Gasteiger partial charge on any atom is 0.331 e. The molecule has 3 aromatic carbocycles. The average molecular weight is 444 g/mol. The third kappa shape index (κ3) is 4.98. The number of carbonyl (C=O) groups excluding carboxylic acids is 2. The zero-order chi connectivity index (χ0) is 22.7. The van der Waals surface area contributed by atoms with E-state index in [1.807, 2.05) is 73.7 Å². The van der Waals surface area contributed by atoms with Crippen LogP contribution in [0, 0.1) is 6.92 Å². The van der Waals surface area contributed by atoms with E-state index in [1.165, 1.54) is 6.92 Å². The molecular weight excluding hydrogens is 422 g/mol. The van der Waals surface area contributed by atoms with Crippen LogP contribution in [0.5, 0.6) is 0 Å². The first-order valence-corrected chi connectivity index (χ1v) is 10.9. The van der Waals surface area contributed by atoms with Gasteiger partial charge in [0, 0.05) is 27.7 Å². The topological polar surface area (TPSA) is 68.9 Å². The molecule has 32 heavy (non-hydrogen) atoms. The first-order valence-electron chi connectivity index (χ1n) is 10.0. The number of carbonyl (C=O) groups is 2. The second-order valence-corrected chi connectivity index (χ2v) is 8.54. The van der Waals surface area contributed by atoms with E-state index in [1.54, 1.807) is 24.8 Å². The molecule has 0 N–H and O–H groups in total. The van der Waals surface area contributed by atoms with Crippen molar-refractivity contribution >= 4 is 40.2 Å². The monoisotopic (exact) mass is 443 g/mol. The maximum atomic E-state index is 12.8. The van der Waals surface area contributed by atoms with Crippen molar-refractivity contribution in [1.82, 2.24) is 0 Å². The standard InChI is InChI=1S/C26H21NO4S/c1-16-4-13-24-21(14-16)15-25(30-24)26(29)20-7-11-23(12-8-20)32-22-9-5-19(6-10-22)17(2)27-31-18(3)28/h4-15H,1-3H3. The summed E-state index contributed by atoms with van der Waals surface area (Å²) in [6.07, 6.45) is 0. The van der Waals surface area contributed by atoms with Crippen molar-refractivity contribution in [1.29, 1.82) is 0 Å². The predicted molar refractivity (Wildman–Crippen MR) is 125 cm³/mol. The number of aryl methyl sites for hydroxylation is 1. The summed E-state index contributed by atoms with van der Waals surface area (Å²) in [5.41, 5.74) is 3.91. The van der Waals surface area contributed by atoms with Crippen LogP contribution in [-0.2, 0) is 9.63 Å². The lowest BCUT2D eigenvalue weighted by molar-refractivity contribution is -0.140. The number of ketones is 1. The van der Waals surface area contributed by atoms with Crippen LogP contribution < -0.4 is 0 Å². The molecule has 0 amide bonds. The Morgan fingerprint density at radius 1 is 0.844 bits per heavy atom. The average Bonchev–Trinajstić information content (AvgIpc) is 3.21. The van der Waals surface area contributed by atoms with E-state index < -0.39 is 5.97 Å². The lowest BCUT2D eigenvalue weighted by Gasteiger charge is -2.05. The summed E-state index contributed by atoms with van der Waals surface area (Å²) < 4.78 is 5.73. The first-order chi connectivity index (χ1) is 15.4. The number of furan rings is 1. The van der Waals surface area contributed by atoms with Gasteiger partial charge < -0.3 is 9.25 Å². The van der Waals surface area contributed by atoms with Gasteiger partial charge in [-0.25, -0.2) is 4.79 Å². The molecule has 0 spiro atoms. The Balaban J connectivity index is 1.44. The molecule has 1 heterocycles. The van der Waals surface area contributed by atoms with Crippen LogP contribution in [0.15, 0.2) is 92.2 Å². The number of hydrogen-bond acceptors (Lipinski definition) is 6. The van der Waals surface area contributed by atoms with Gasteiger partial charge in [0.15, 0.2) is 5.76 Å². The van der Waals surface area contributed by atoms with E-state index in [0.29, 0.717) is 22.6 Å². The molecule has 0 fully saturated rings. The minimum Gasteiger partial charge on any atom is -0.453 e. The van der Waals surface area contributed by atoms with E-state index in [0.717, 1.165) is 26.3 Å². The summed E-state index contributed by atoms with van der Waals surface area (Å²) in [6, 6.07) is 22.9. The highest BCUT2D eigenvalue weighted by Gasteiger charge is 2.15. The summed E-state index contributed by atoms with van der Waals surface area (Å²) in [6.45, 7) is 5.10. The Kier molecular flexibility index (Phi) is 6.23. The summed E-state index contributed by atoms with van der Waals surface area (Å²) in [7, 11) is 0. The van der Waals surface area contributed by atoms with Crippen molar-refractivity contribution in [2.45, 2.75) is 30.6 Å². The Morgan fingerprint density at radius 3 is 2.09 bits per heavy atom. The largest absolute Gasteiger partial charge is 0.453 e. The second-order valence-electron chi connectivity index (χ2n) is 7.39. The maximum absolute atomic E-state index is 12.8. The van der Waals surface area contributed by atoms with Crippen LogP contribution in [0.1, 0.15) is 41.1 Å². The predicted octanol–water partition coefficient (Wildman–Crippen LogP) is 6.41. The summed E-state index contributed by atoms with van der Waals surface area (Å²) in [5.74, 6) is -0.247. The number of oxime groups is 1. The van der Waals surface area contributed by atoms with Crippen LogP contribution in [0.25, 0.3) is 11.0 Å². The van der Waals surface area contributed by atoms with Crippen molar-refractivity contribution < 1.29 is 18.8 Å². The van der Waals surface area contributed by atoms with Crippen LogP contribution >= 0.6 is 11.8 Å². The molecule has 0 unspecified atom stereocenters. The molecule has 160 valence electrons. The van der Waals surface area contributed by atoms with Gasteiger partial charge >= 0.3 is 5.97 Å². The Bertz CT molecular complexity index is 1320. The van der Waals surface area contributed by atoms with Gasteiger partial charge in [0.25, 0.3) is 0 Å². The molecule has 6 heteroatoms. The van der Waals surface area contributed by atoms with Crippen LogP contribution in [0.3, 0.4) is 0 Å². The zero-order valence-electron chi connectivity index (χ0n) is 17.9. The minimum absolute atomic E-state index is 0.137. The molecular formula is C26H21NO4S. The lowest BCUT2D eigenvalue weighted by Crippen LogP contribution is -1.99. The van der Waals surface area contributed by atoms with Crippen molar-refractivity contribution in [2.75, 3.05) is 0 Å². The molecule has 0 radical (unpaired) electrons. The number of fused-ring (bicyclic) bond motifs is 1. The fourth-order valence-corrected chi connectivity index (χ4v) is 3.99. The highest BCUT2D eigenvalue weighted by atomic mass is 32.2. The van der Waals surface area contributed by atoms with Gasteiger partial charge in [-0.1, -0.05) is 40.7 Å². The highest BCUT2D eigenvalue weighted by Crippen LogP contribution is 2.29. The van der Waals surface area contributed by atoms with Gasteiger partial charge in [0.1, 0.15) is 5.58 Å². The molecule has 0 aliphatic carbocycles. The van der Waals surface area contributed by atoms with Crippen LogP contribution in [-0.4, -0.2) is 17.5 Å². The number of nitrogens with zero attached hydrogens (tertiary/aromatic N) is 1. The summed E-state index contributed by atoms with van der Waals surface area (Å²) >= 11 is 1.59. The molecule has 5 nitrogen and oxygen atoms in total. The second kappa shape index (κ2) is 9.24. The molecule has 0 saturated carbocycles. The third-order valence-corrected chi connectivity index (χ3v) is 5.85. The van der Waals surface area contributed by atoms with E-state index in [-0.39, 0.29) is 5.78 Å². The first kappa shape index (κ1) is 21.6. The minimum atomic E-state index is -0.450. The lowest BCUT2D eigenvalue weighted by atomic mass is 10.1. The molecule has 0 bridgehead atoms. The Morgan fingerprint density at radius 2 is 1.47 bits per heavy atom. The Hall–Kier alpha value is -3.64. The molecule has 0 atom stereocenters. The smallest absolute Gasteiger partial charge is 0.331 e. The zero-order valence-corrected chi connectivity index (χ0v) is 18.7. The van der Waals surface area contributed by atoms with Gasteiger partial charge in [-0.2, -0.15) is 0 Å². The van der Waals surface area contributed by atoms with Crippen molar-refractivity contribution in [2.24, 2.45) is 5.16 Å². The van der Waals surface area contributed by atoms with Gasteiger partial charge in [-0.05, 0) is 74.0 Å². The number of rotatable bonds is 6. The van der Waals surface area contributed by atoms with E-state index >= 15 is 0 Å². The van der Waals surface area contributed by atoms with Crippen molar-refractivity contribution in [3.05, 3.63) is 95.2 Å². The number of benzene rings is 3. The van der Waals surface area contributed by atoms with Crippen LogP contribution in [0.4, 0.5) is 0 Å². The van der Waals surface area contributed by atoms with Gasteiger partial charge in [-0.15, -0.1) is 0 Å². The number of hydrogen-bond donors (Lipinski definition) is 0. The normalized spacial score (nSPS) is 11.5. The Labute approximate surface area is 190 Å². The van der Waals surface area contributed by atoms with E-state index in [4.69, 9.17) is 4.42 Å². The molecule has 4 rings (SSSR count). The highest BCUT2D eigenvalue weighted by molar-refractivity contribution is 7.99. The SMILES string of the molecule is CC(=O)ON=C(C)c1ccc(Sc2ccc(C(=O)c3cc4cc(C)ccc4o3)cc2)cc1. The molecule has 1 aromatic heterocycles. The van der Waals surface area contributed by atoms with Gasteiger partial charge in [-0.3, -0.25) is 4.79 Å².